The topological polar surface area (TPSA) is 87.2 Å². The minimum absolute atomic E-state index is 0.201. The van der Waals surface area contributed by atoms with Crippen molar-refractivity contribution >= 4 is 32.8 Å². The fraction of sp³-hybridized carbons (Fsp3) is 0. The summed E-state index contributed by atoms with van der Waals surface area (Å²) in [5, 5.41) is 9.22. The summed E-state index contributed by atoms with van der Waals surface area (Å²) in [5.74, 6) is -1.04. The van der Waals surface area contributed by atoms with Crippen molar-refractivity contribution in [2.75, 3.05) is 0 Å². The van der Waals surface area contributed by atoms with E-state index in [-0.39, 0.29) is 9.79 Å². The number of carbonyl (C=O) groups is 1. The van der Waals surface area contributed by atoms with E-state index < -0.39 is 15.8 Å². The Morgan fingerprint density at radius 1 is 1.09 bits per heavy atom. The summed E-state index contributed by atoms with van der Waals surface area (Å²) in [5.41, 5.74) is 1.30. The highest BCUT2D eigenvalue weighted by Crippen LogP contribution is 2.28. The van der Waals surface area contributed by atoms with Crippen molar-refractivity contribution < 1.29 is 18.3 Å². The van der Waals surface area contributed by atoms with Crippen LogP contribution < -0.4 is 0 Å². The average Bonchev–Trinajstić information content (AvgIpc) is 2.97. The Bertz CT molecular complexity index is 1000. The number of aromatic nitrogens is 1. The van der Waals surface area contributed by atoms with E-state index in [1.807, 2.05) is 0 Å². The van der Waals surface area contributed by atoms with Crippen LogP contribution in [-0.4, -0.2) is 24.5 Å². The van der Waals surface area contributed by atoms with E-state index in [9.17, 15) is 13.2 Å². The maximum absolute atomic E-state index is 12.7. The van der Waals surface area contributed by atoms with Crippen LogP contribution in [0.15, 0.2) is 70.6 Å². The van der Waals surface area contributed by atoms with Gasteiger partial charge in [-0.3, -0.25) is 0 Å². The highest BCUT2D eigenvalue weighted by atomic mass is 32.2. The van der Waals surface area contributed by atoms with Gasteiger partial charge < -0.3 is 10.1 Å². The number of aliphatic carboxylic acids is 1. The van der Waals surface area contributed by atoms with Crippen LogP contribution in [0.4, 0.5) is 0 Å². The predicted molar refractivity (Wildman–Crippen MR) is 86.9 cm³/mol. The summed E-state index contributed by atoms with van der Waals surface area (Å²) in [6.07, 6.45) is 3.94. The molecule has 0 aliphatic rings. The van der Waals surface area contributed by atoms with Gasteiger partial charge in [-0.15, -0.1) is 0 Å². The zero-order valence-corrected chi connectivity index (χ0v) is 12.7. The molecule has 23 heavy (non-hydrogen) atoms. The molecular weight excluding hydrogens is 314 g/mol. The van der Waals surface area contributed by atoms with Crippen molar-refractivity contribution in [1.82, 2.24) is 4.98 Å². The highest BCUT2D eigenvalue weighted by molar-refractivity contribution is 7.91. The van der Waals surface area contributed by atoms with Crippen LogP contribution in [0.3, 0.4) is 0 Å². The van der Waals surface area contributed by atoms with Crippen molar-refractivity contribution in [3.63, 3.8) is 0 Å². The van der Waals surface area contributed by atoms with E-state index in [1.165, 1.54) is 12.3 Å². The predicted octanol–water partition coefficient (Wildman–Crippen LogP) is 3.10. The lowest BCUT2D eigenvalue weighted by Gasteiger charge is -2.03. The second-order valence-electron chi connectivity index (χ2n) is 4.95. The van der Waals surface area contributed by atoms with Crippen LogP contribution in [0.25, 0.3) is 17.0 Å². The molecule has 1 heterocycles. The fourth-order valence-electron chi connectivity index (χ4n) is 2.34. The minimum Gasteiger partial charge on any atom is -0.478 e. The van der Waals surface area contributed by atoms with Crippen LogP contribution in [0, 0.1) is 0 Å². The molecule has 2 aromatic carbocycles. The van der Waals surface area contributed by atoms with Crippen LogP contribution in [0.5, 0.6) is 0 Å². The van der Waals surface area contributed by atoms with E-state index in [2.05, 4.69) is 4.98 Å². The molecular formula is C17H13NO4S. The van der Waals surface area contributed by atoms with Crippen LogP contribution in [-0.2, 0) is 14.6 Å². The number of carboxylic acids is 1. The second-order valence-corrected chi connectivity index (χ2v) is 6.86. The van der Waals surface area contributed by atoms with Gasteiger partial charge in [-0.25, -0.2) is 13.2 Å². The number of sulfone groups is 1. The number of hydrogen-bond donors (Lipinski definition) is 2. The second kappa shape index (κ2) is 5.73. The summed E-state index contributed by atoms with van der Waals surface area (Å²) < 4.78 is 25.4. The zero-order chi connectivity index (χ0) is 16.4. The molecule has 6 heteroatoms. The third kappa shape index (κ3) is 2.89. The van der Waals surface area contributed by atoms with Gasteiger partial charge in [-0.05, 0) is 29.8 Å². The standard InChI is InChI=1S/C17H13NO4S/c19-17(20)9-7-12-6-8-14-15(10-12)18-11-16(14)23(21,22)13-4-2-1-3-5-13/h1-11,18H,(H,19,20). The summed E-state index contributed by atoms with van der Waals surface area (Å²) in [4.78, 5) is 13.9. The fourth-order valence-corrected chi connectivity index (χ4v) is 3.79. The number of carboxylic acid groups (broad SMARTS) is 1. The molecule has 3 aromatic rings. The smallest absolute Gasteiger partial charge is 0.328 e. The van der Waals surface area contributed by atoms with Gasteiger partial charge in [0.1, 0.15) is 0 Å². The first-order chi connectivity index (χ1) is 11.0. The van der Waals surface area contributed by atoms with Crippen LogP contribution >= 0.6 is 0 Å². The molecule has 3 rings (SSSR count). The lowest BCUT2D eigenvalue weighted by molar-refractivity contribution is -0.131. The van der Waals surface area contributed by atoms with Gasteiger partial charge in [0.05, 0.1) is 9.79 Å². The van der Waals surface area contributed by atoms with E-state index >= 15 is 0 Å². The molecule has 0 saturated carbocycles. The zero-order valence-electron chi connectivity index (χ0n) is 11.9. The minimum atomic E-state index is -3.60. The first-order valence-electron chi connectivity index (χ1n) is 6.81. The molecule has 116 valence electrons. The lowest BCUT2D eigenvalue weighted by atomic mass is 10.1. The molecule has 0 spiro atoms. The molecule has 1 aromatic heterocycles. The first kappa shape index (κ1) is 15.1. The van der Waals surface area contributed by atoms with Gasteiger partial charge in [-0.2, -0.15) is 0 Å². The van der Waals surface area contributed by atoms with Crippen LogP contribution in [0.1, 0.15) is 5.56 Å². The van der Waals surface area contributed by atoms with Gasteiger partial charge in [0.2, 0.25) is 9.84 Å². The number of H-pyrrole nitrogens is 1. The van der Waals surface area contributed by atoms with Gasteiger partial charge in [0.15, 0.2) is 0 Å². The Morgan fingerprint density at radius 3 is 2.52 bits per heavy atom. The molecule has 0 saturated heterocycles. The molecule has 0 unspecified atom stereocenters. The Kier molecular flexibility index (Phi) is 3.75. The summed E-state index contributed by atoms with van der Waals surface area (Å²) in [7, 11) is -3.60. The van der Waals surface area contributed by atoms with E-state index in [4.69, 9.17) is 5.11 Å². The van der Waals surface area contributed by atoms with Gasteiger partial charge in [-0.1, -0.05) is 30.3 Å². The van der Waals surface area contributed by atoms with Crippen molar-refractivity contribution in [2.45, 2.75) is 9.79 Å². The van der Waals surface area contributed by atoms with E-state index in [0.29, 0.717) is 16.5 Å². The Balaban J connectivity index is 2.09. The van der Waals surface area contributed by atoms with Crippen LogP contribution in [0.2, 0.25) is 0 Å². The largest absolute Gasteiger partial charge is 0.478 e. The van der Waals surface area contributed by atoms with Crippen molar-refractivity contribution in [3.8, 4) is 0 Å². The number of benzene rings is 2. The molecule has 0 aliphatic heterocycles. The Morgan fingerprint density at radius 2 is 1.83 bits per heavy atom. The van der Waals surface area contributed by atoms with Gasteiger partial charge in [0, 0.05) is 23.2 Å². The van der Waals surface area contributed by atoms with Crippen molar-refractivity contribution in [1.29, 1.82) is 0 Å². The number of fused-ring (bicyclic) bond motifs is 1. The summed E-state index contributed by atoms with van der Waals surface area (Å²) >= 11 is 0. The molecule has 5 nitrogen and oxygen atoms in total. The third-order valence-corrected chi connectivity index (χ3v) is 5.24. The number of rotatable bonds is 4. The maximum Gasteiger partial charge on any atom is 0.328 e. The number of hydrogen-bond acceptors (Lipinski definition) is 3. The third-order valence-electron chi connectivity index (χ3n) is 3.43. The summed E-state index contributed by atoms with van der Waals surface area (Å²) in [6.45, 7) is 0. The molecule has 0 bridgehead atoms. The highest BCUT2D eigenvalue weighted by Gasteiger charge is 2.21. The molecule has 0 amide bonds. The molecule has 0 fully saturated rings. The monoisotopic (exact) mass is 327 g/mol. The normalized spacial score (nSPS) is 12.0. The summed E-state index contributed by atoms with van der Waals surface area (Å²) in [6, 6.07) is 13.3. The SMILES string of the molecule is O=C(O)C=Cc1ccc2c(S(=O)(=O)c3ccccc3)c[nH]c2c1. The van der Waals surface area contributed by atoms with E-state index in [0.717, 1.165) is 6.08 Å². The van der Waals surface area contributed by atoms with Gasteiger partial charge in [0.25, 0.3) is 0 Å². The number of aromatic amines is 1. The lowest BCUT2D eigenvalue weighted by Crippen LogP contribution is -2.00. The Labute approximate surface area is 132 Å². The van der Waals surface area contributed by atoms with Crippen molar-refractivity contribution in [2.24, 2.45) is 0 Å². The Hall–Kier alpha value is -2.86. The molecule has 2 N–H and O–H groups in total. The maximum atomic E-state index is 12.7. The first-order valence-corrected chi connectivity index (χ1v) is 8.29. The number of nitrogens with one attached hydrogen (secondary N) is 1. The average molecular weight is 327 g/mol. The molecule has 0 atom stereocenters. The van der Waals surface area contributed by atoms with Gasteiger partial charge >= 0.3 is 5.97 Å². The van der Waals surface area contributed by atoms with E-state index in [1.54, 1.807) is 48.5 Å². The quantitative estimate of drug-likeness (QED) is 0.721. The molecule has 0 radical (unpaired) electrons. The molecule has 0 aliphatic carbocycles. The van der Waals surface area contributed by atoms with Crippen molar-refractivity contribution in [3.05, 3.63) is 66.4 Å².